The summed E-state index contributed by atoms with van der Waals surface area (Å²) >= 11 is 0. The van der Waals surface area contributed by atoms with Gasteiger partial charge in [0.2, 0.25) is 5.92 Å². The minimum atomic E-state index is -2.77. The molecule has 0 bridgehead atoms. The third-order valence-corrected chi connectivity index (χ3v) is 2.49. The monoisotopic (exact) mass is 209 g/mol. The van der Waals surface area contributed by atoms with E-state index < -0.39 is 37.0 Å². The zero-order valence-corrected chi connectivity index (χ0v) is 7.54. The van der Waals surface area contributed by atoms with E-state index >= 15 is 0 Å². The molecule has 0 aromatic carbocycles. The van der Waals surface area contributed by atoms with Crippen molar-refractivity contribution in [1.29, 1.82) is 0 Å². The second-order valence-corrected chi connectivity index (χ2v) is 3.60. The van der Waals surface area contributed by atoms with Crippen LogP contribution >= 0.6 is 0 Å². The average Bonchev–Trinajstić information content (AvgIpc) is 2.07. The topological polar surface area (TPSA) is 69.6 Å². The van der Waals surface area contributed by atoms with Crippen LogP contribution in [0.3, 0.4) is 0 Å². The first-order chi connectivity index (χ1) is 6.44. The number of amides is 1. The number of rotatable bonds is 2. The van der Waals surface area contributed by atoms with Crippen LogP contribution in [0.4, 0.5) is 13.6 Å². The van der Waals surface area contributed by atoms with Crippen LogP contribution in [0, 0.1) is 5.92 Å². The van der Waals surface area contributed by atoms with Crippen LogP contribution in [-0.2, 0) is 0 Å². The lowest BCUT2D eigenvalue weighted by Crippen LogP contribution is -2.47. The number of hydrogen-bond donors (Lipinski definition) is 3. The molecule has 6 heteroatoms. The van der Waals surface area contributed by atoms with E-state index in [0.29, 0.717) is 0 Å². The molecule has 1 aliphatic carbocycles. The lowest BCUT2D eigenvalue weighted by Gasteiger charge is -2.34. The molecule has 0 aromatic rings. The van der Waals surface area contributed by atoms with E-state index in [9.17, 15) is 13.6 Å². The van der Waals surface area contributed by atoms with Gasteiger partial charge in [0.05, 0.1) is 0 Å². The predicted octanol–water partition coefficient (Wildman–Crippen LogP) is 1.05. The second kappa shape index (κ2) is 4.08. The highest BCUT2D eigenvalue weighted by Gasteiger charge is 2.41. The van der Waals surface area contributed by atoms with Crippen LogP contribution < -0.4 is 5.32 Å². The quantitative estimate of drug-likeness (QED) is 0.636. The maximum absolute atomic E-state index is 12.9. The van der Waals surface area contributed by atoms with Crippen LogP contribution in [-0.4, -0.2) is 34.9 Å². The second-order valence-electron chi connectivity index (χ2n) is 3.60. The van der Waals surface area contributed by atoms with Gasteiger partial charge >= 0.3 is 6.09 Å². The van der Waals surface area contributed by atoms with Gasteiger partial charge in [0.1, 0.15) is 0 Å². The van der Waals surface area contributed by atoms with Gasteiger partial charge < -0.3 is 15.5 Å². The number of alkyl halides is 2. The third kappa shape index (κ3) is 2.80. The Bertz CT molecular complexity index is 223. The summed E-state index contributed by atoms with van der Waals surface area (Å²) < 4.78 is 25.7. The van der Waals surface area contributed by atoms with E-state index in [0.717, 1.165) is 0 Å². The Kier molecular flexibility index (Phi) is 3.25. The first-order valence-electron chi connectivity index (χ1n) is 4.43. The zero-order chi connectivity index (χ0) is 10.8. The number of aliphatic hydroxyl groups excluding tert-OH is 1. The predicted molar refractivity (Wildman–Crippen MR) is 44.3 cm³/mol. The Labute approximate surface area is 79.9 Å². The summed E-state index contributed by atoms with van der Waals surface area (Å²) in [5, 5.41) is 19.4. The number of aliphatic hydroxyl groups is 1. The van der Waals surface area contributed by atoms with Gasteiger partial charge in [-0.15, -0.1) is 0 Å². The Morgan fingerprint density at radius 3 is 2.71 bits per heavy atom. The Balaban J connectivity index is 2.57. The van der Waals surface area contributed by atoms with E-state index in [1.54, 1.807) is 0 Å². The standard InChI is InChI=1S/C8H13F2NO3/c9-8(10)2-1-6(11-7(13)14)5(3-8)4-12/h5-6,11-12H,1-4H2,(H,13,14)/t5-,6-/m0/s1. The molecule has 0 radical (unpaired) electrons. The summed E-state index contributed by atoms with van der Waals surface area (Å²) in [6.45, 7) is -0.416. The first kappa shape index (κ1) is 11.2. The lowest BCUT2D eigenvalue weighted by atomic mass is 9.83. The molecule has 1 saturated carbocycles. The van der Waals surface area contributed by atoms with Crippen LogP contribution in [0.15, 0.2) is 0 Å². The molecule has 82 valence electrons. The highest BCUT2D eigenvalue weighted by molar-refractivity contribution is 5.64. The van der Waals surface area contributed by atoms with Crippen LogP contribution in [0.5, 0.6) is 0 Å². The molecule has 0 saturated heterocycles. The molecule has 1 aliphatic rings. The van der Waals surface area contributed by atoms with Crippen molar-refractivity contribution >= 4 is 6.09 Å². The van der Waals surface area contributed by atoms with Gasteiger partial charge in [0.15, 0.2) is 0 Å². The summed E-state index contributed by atoms with van der Waals surface area (Å²) in [6, 6.07) is -0.558. The smallest absolute Gasteiger partial charge is 0.404 e. The van der Waals surface area contributed by atoms with Crippen molar-refractivity contribution in [3.8, 4) is 0 Å². The van der Waals surface area contributed by atoms with Crippen molar-refractivity contribution in [2.45, 2.75) is 31.2 Å². The van der Waals surface area contributed by atoms with Gasteiger partial charge in [-0.3, -0.25) is 0 Å². The van der Waals surface area contributed by atoms with Gasteiger partial charge in [-0.1, -0.05) is 0 Å². The van der Waals surface area contributed by atoms with Crippen molar-refractivity contribution in [3.63, 3.8) is 0 Å². The SMILES string of the molecule is O=C(O)N[C@H]1CCC(F)(F)C[C@H]1CO. The fourth-order valence-corrected chi connectivity index (χ4v) is 1.77. The van der Waals surface area contributed by atoms with E-state index in [2.05, 4.69) is 5.32 Å². The number of nitrogens with one attached hydrogen (secondary N) is 1. The fraction of sp³-hybridized carbons (Fsp3) is 0.875. The van der Waals surface area contributed by atoms with Gasteiger partial charge in [0.25, 0.3) is 0 Å². The van der Waals surface area contributed by atoms with Crippen LogP contribution in [0.2, 0.25) is 0 Å². The molecule has 1 fully saturated rings. The summed E-state index contributed by atoms with van der Waals surface area (Å²) in [7, 11) is 0. The van der Waals surface area contributed by atoms with Gasteiger partial charge in [-0.25, -0.2) is 13.6 Å². The fourth-order valence-electron chi connectivity index (χ4n) is 1.77. The summed E-state index contributed by atoms with van der Waals surface area (Å²) in [5.74, 6) is -3.46. The molecule has 0 unspecified atom stereocenters. The first-order valence-corrected chi connectivity index (χ1v) is 4.43. The van der Waals surface area contributed by atoms with Crippen molar-refractivity contribution in [1.82, 2.24) is 5.32 Å². The Morgan fingerprint density at radius 2 is 2.21 bits per heavy atom. The summed E-state index contributed by atoms with van der Waals surface area (Å²) in [6.07, 6.45) is -1.94. The molecule has 0 aromatic heterocycles. The maximum atomic E-state index is 12.9. The Morgan fingerprint density at radius 1 is 1.57 bits per heavy atom. The lowest BCUT2D eigenvalue weighted by molar-refractivity contribution is -0.0695. The summed E-state index contributed by atoms with van der Waals surface area (Å²) in [4.78, 5) is 10.3. The highest BCUT2D eigenvalue weighted by atomic mass is 19.3. The molecule has 3 N–H and O–H groups in total. The maximum Gasteiger partial charge on any atom is 0.404 e. The largest absolute Gasteiger partial charge is 0.465 e. The van der Waals surface area contributed by atoms with E-state index in [4.69, 9.17) is 10.2 Å². The molecule has 0 aliphatic heterocycles. The molecule has 0 spiro atoms. The molecule has 1 rings (SSSR count). The highest BCUT2D eigenvalue weighted by Crippen LogP contribution is 2.36. The summed E-state index contributed by atoms with van der Waals surface area (Å²) in [5.41, 5.74) is 0. The molecule has 14 heavy (non-hydrogen) atoms. The van der Waals surface area contributed by atoms with Crippen molar-refractivity contribution < 1.29 is 23.8 Å². The van der Waals surface area contributed by atoms with E-state index in [1.165, 1.54) is 0 Å². The van der Waals surface area contributed by atoms with Gasteiger partial charge in [-0.05, 0) is 6.42 Å². The van der Waals surface area contributed by atoms with Crippen molar-refractivity contribution in [3.05, 3.63) is 0 Å². The molecule has 1 amide bonds. The normalized spacial score (nSPS) is 31.1. The zero-order valence-electron chi connectivity index (χ0n) is 7.54. The Hall–Kier alpha value is -0.910. The van der Waals surface area contributed by atoms with Crippen molar-refractivity contribution in [2.75, 3.05) is 6.61 Å². The molecule has 2 atom stereocenters. The molecule has 4 nitrogen and oxygen atoms in total. The average molecular weight is 209 g/mol. The number of halogens is 2. The molecular weight excluding hydrogens is 196 g/mol. The number of carbonyl (C=O) groups is 1. The minimum Gasteiger partial charge on any atom is -0.465 e. The van der Waals surface area contributed by atoms with E-state index in [-0.39, 0.29) is 12.8 Å². The van der Waals surface area contributed by atoms with Crippen LogP contribution in [0.1, 0.15) is 19.3 Å². The van der Waals surface area contributed by atoms with Crippen molar-refractivity contribution in [2.24, 2.45) is 5.92 Å². The van der Waals surface area contributed by atoms with Gasteiger partial charge in [0, 0.05) is 31.4 Å². The molecular formula is C8H13F2NO3. The van der Waals surface area contributed by atoms with Crippen LogP contribution in [0.25, 0.3) is 0 Å². The number of hydrogen-bond acceptors (Lipinski definition) is 2. The van der Waals surface area contributed by atoms with E-state index in [1.807, 2.05) is 0 Å². The molecule has 0 heterocycles. The minimum absolute atomic E-state index is 0.0739. The van der Waals surface area contributed by atoms with Gasteiger partial charge in [-0.2, -0.15) is 0 Å². The third-order valence-electron chi connectivity index (χ3n) is 2.49. The number of carboxylic acid groups (broad SMARTS) is 1.